The van der Waals surface area contributed by atoms with Crippen LogP contribution in [0.25, 0.3) is 0 Å². The fourth-order valence-electron chi connectivity index (χ4n) is 2.34. The van der Waals surface area contributed by atoms with Gasteiger partial charge in [0.15, 0.2) is 5.96 Å². The molecule has 25 heavy (non-hydrogen) atoms. The van der Waals surface area contributed by atoms with Crippen LogP contribution in [0.4, 0.5) is 0 Å². The molecule has 2 N–H and O–H groups in total. The van der Waals surface area contributed by atoms with Gasteiger partial charge in [-0.3, -0.25) is 4.99 Å². The molecule has 0 rings (SSSR count). The van der Waals surface area contributed by atoms with Crippen molar-refractivity contribution in [2.24, 2.45) is 10.9 Å². The second kappa shape index (κ2) is 17.3. The van der Waals surface area contributed by atoms with Crippen LogP contribution in [0.2, 0.25) is 0 Å². The van der Waals surface area contributed by atoms with Gasteiger partial charge >= 0.3 is 0 Å². The van der Waals surface area contributed by atoms with E-state index in [1.54, 1.807) is 0 Å². The van der Waals surface area contributed by atoms with Gasteiger partial charge in [-0.2, -0.15) is 0 Å². The van der Waals surface area contributed by atoms with E-state index in [9.17, 15) is 8.42 Å². The molecule has 0 heterocycles. The quantitative estimate of drug-likeness (QED) is 0.169. The average molecular weight is 491 g/mol. The standard InChI is InChI=1S/C17H37N3O3S.HI/c1-5-8-10-16(9-6-2)15-20-17(18-7-3)19-11-12-23-13-14-24(4,21)22;/h16H,5-15H2,1-4H3,(H2,18,19,20);1H. The first kappa shape index (κ1) is 27.1. The molecule has 0 aromatic carbocycles. The lowest BCUT2D eigenvalue weighted by atomic mass is 9.97. The summed E-state index contributed by atoms with van der Waals surface area (Å²) in [5.74, 6) is 1.52. The lowest BCUT2D eigenvalue weighted by Crippen LogP contribution is -2.39. The molecule has 0 amide bonds. The zero-order chi connectivity index (χ0) is 18.3. The Balaban J connectivity index is 0. The number of aliphatic imine (C=N–C) groups is 1. The summed E-state index contributed by atoms with van der Waals surface area (Å²) in [5.41, 5.74) is 0. The Kier molecular flexibility index (Phi) is 18.8. The molecule has 0 aliphatic carbocycles. The van der Waals surface area contributed by atoms with Gasteiger partial charge in [0.05, 0.1) is 19.0 Å². The first-order chi connectivity index (χ1) is 11.4. The second-order valence-corrected chi connectivity index (χ2v) is 8.45. The van der Waals surface area contributed by atoms with Crippen molar-refractivity contribution in [1.29, 1.82) is 0 Å². The number of hydrogen-bond donors (Lipinski definition) is 2. The Morgan fingerprint density at radius 1 is 1.08 bits per heavy atom. The zero-order valence-electron chi connectivity index (χ0n) is 16.3. The van der Waals surface area contributed by atoms with Gasteiger partial charge in [0.2, 0.25) is 0 Å². The average Bonchev–Trinajstić information content (AvgIpc) is 2.51. The Hall–Kier alpha value is -0.0900. The Morgan fingerprint density at radius 3 is 2.36 bits per heavy atom. The Bertz CT molecular complexity index is 431. The third-order valence-electron chi connectivity index (χ3n) is 3.65. The maximum Gasteiger partial charge on any atom is 0.191 e. The summed E-state index contributed by atoms with van der Waals surface area (Å²) in [7, 11) is -2.95. The molecule has 1 unspecified atom stereocenters. The van der Waals surface area contributed by atoms with Crippen LogP contribution in [0.5, 0.6) is 0 Å². The largest absolute Gasteiger partial charge is 0.379 e. The minimum Gasteiger partial charge on any atom is -0.379 e. The molecule has 0 saturated carbocycles. The molecule has 0 bridgehead atoms. The molecule has 0 spiro atoms. The molecule has 0 aromatic heterocycles. The summed E-state index contributed by atoms with van der Waals surface area (Å²) < 4.78 is 27.4. The fourth-order valence-corrected chi connectivity index (χ4v) is 2.76. The van der Waals surface area contributed by atoms with Crippen molar-refractivity contribution >= 4 is 39.8 Å². The summed E-state index contributed by atoms with van der Waals surface area (Å²) in [4.78, 5) is 4.69. The number of halogens is 1. The van der Waals surface area contributed by atoms with Gasteiger partial charge in [0.25, 0.3) is 0 Å². The molecule has 0 aromatic rings. The highest BCUT2D eigenvalue weighted by atomic mass is 127. The number of nitrogens with one attached hydrogen (secondary N) is 2. The van der Waals surface area contributed by atoms with Crippen molar-refractivity contribution in [3.8, 4) is 0 Å². The van der Waals surface area contributed by atoms with Crippen LogP contribution in [0.15, 0.2) is 4.99 Å². The molecular weight excluding hydrogens is 453 g/mol. The van der Waals surface area contributed by atoms with E-state index in [0.29, 0.717) is 19.1 Å². The minimum atomic E-state index is -2.95. The van der Waals surface area contributed by atoms with Crippen molar-refractivity contribution in [2.45, 2.75) is 52.9 Å². The molecule has 0 fully saturated rings. The van der Waals surface area contributed by atoms with Gasteiger partial charge in [-0.1, -0.05) is 33.1 Å². The first-order valence-electron chi connectivity index (χ1n) is 9.20. The predicted octanol–water partition coefficient (Wildman–Crippen LogP) is 2.83. The molecule has 152 valence electrons. The lowest BCUT2D eigenvalue weighted by molar-refractivity contribution is 0.154. The Labute approximate surface area is 171 Å². The van der Waals surface area contributed by atoms with Crippen molar-refractivity contribution < 1.29 is 13.2 Å². The lowest BCUT2D eigenvalue weighted by Gasteiger charge is -2.16. The van der Waals surface area contributed by atoms with Crippen molar-refractivity contribution in [2.75, 3.05) is 44.9 Å². The molecule has 0 aliphatic rings. The van der Waals surface area contributed by atoms with E-state index < -0.39 is 9.84 Å². The molecule has 1 atom stereocenters. The normalized spacial score (nSPS) is 13.2. The van der Waals surface area contributed by atoms with Crippen LogP contribution in [-0.4, -0.2) is 59.2 Å². The third-order valence-corrected chi connectivity index (χ3v) is 4.56. The van der Waals surface area contributed by atoms with Crippen LogP contribution in [-0.2, 0) is 14.6 Å². The van der Waals surface area contributed by atoms with Gasteiger partial charge in [0, 0.05) is 25.9 Å². The van der Waals surface area contributed by atoms with E-state index in [0.717, 1.165) is 19.0 Å². The summed E-state index contributed by atoms with van der Waals surface area (Å²) in [6, 6.07) is 0. The smallest absolute Gasteiger partial charge is 0.191 e. The Morgan fingerprint density at radius 2 is 1.80 bits per heavy atom. The number of rotatable bonds is 14. The molecule has 0 saturated heterocycles. The summed E-state index contributed by atoms with van der Waals surface area (Å²) >= 11 is 0. The summed E-state index contributed by atoms with van der Waals surface area (Å²) in [6.07, 6.45) is 7.36. The van der Waals surface area contributed by atoms with Crippen molar-refractivity contribution in [3.05, 3.63) is 0 Å². The van der Waals surface area contributed by atoms with Crippen LogP contribution in [0.1, 0.15) is 52.9 Å². The van der Waals surface area contributed by atoms with Crippen LogP contribution in [0, 0.1) is 5.92 Å². The number of hydrogen-bond acceptors (Lipinski definition) is 4. The van der Waals surface area contributed by atoms with E-state index in [4.69, 9.17) is 4.74 Å². The summed E-state index contributed by atoms with van der Waals surface area (Å²) in [5, 5.41) is 6.48. The second-order valence-electron chi connectivity index (χ2n) is 6.19. The molecule has 0 aliphatic heterocycles. The highest BCUT2D eigenvalue weighted by molar-refractivity contribution is 14.0. The molecule has 8 heteroatoms. The van der Waals surface area contributed by atoms with Crippen molar-refractivity contribution in [1.82, 2.24) is 10.6 Å². The first-order valence-corrected chi connectivity index (χ1v) is 11.3. The van der Waals surface area contributed by atoms with Crippen molar-refractivity contribution in [3.63, 3.8) is 0 Å². The summed E-state index contributed by atoms with van der Waals surface area (Å²) in [6.45, 7) is 9.47. The minimum absolute atomic E-state index is 0. The van der Waals surface area contributed by atoms with Gasteiger partial charge in [-0.05, 0) is 25.7 Å². The molecular formula is C17H38IN3O3S. The monoisotopic (exact) mass is 491 g/mol. The van der Waals surface area contributed by atoms with Gasteiger partial charge in [-0.15, -0.1) is 24.0 Å². The SMILES string of the molecule is CCCCC(CCC)CN=C(NCC)NCCOCCS(C)(=O)=O.I. The van der Waals surface area contributed by atoms with Crippen LogP contribution < -0.4 is 10.6 Å². The highest BCUT2D eigenvalue weighted by Gasteiger charge is 2.07. The topological polar surface area (TPSA) is 79.8 Å². The number of sulfone groups is 1. The number of unbranched alkanes of at least 4 members (excludes halogenated alkanes) is 1. The van der Waals surface area contributed by atoms with Gasteiger partial charge in [0.1, 0.15) is 9.84 Å². The molecule has 6 nitrogen and oxygen atoms in total. The van der Waals surface area contributed by atoms with E-state index >= 15 is 0 Å². The number of nitrogens with zero attached hydrogens (tertiary/aromatic N) is 1. The van der Waals surface area contributed by atoms with Crippen LogP contribution >= 0.6 is 24.0 Å². The van der Waals surface area contributed by atoms with E-state index in [1.165, 1.54) is 38.4 Å². The maximum atomic E-state index is 11.0. The van der Waals surface area contributed by atoms with E-state index in [1.807, 2.05) is 6.92 Å². The molecule has 0 radical (unpaired) electrons. The van der Waals surface area contributed by atoms with Crippen LogP contribution in [0.3, 0.4) is 0 Å². The maximum absolute atomic E-state index is 11.0. The predicted molar refractivity (Wildman–Crippen MR) is 118 cm³/mol. The highest BCUT2D eigenvalue weighted by Crippen LogP contribution is 2.15. The van der Waals surface area contributed by atoms with Gasteiger partial charge in [-0.25, -0.2) is 8.42 Å². The fraction of sp³-hybridized carbons (Fsp3) is 0.941. The number of ether oxygens (including phenoxy) is 1. The number of guanidine groups is 1. The van der Waals surface area contributed by atoms with Gasteiger partial charge < -0.3 is 15.4 Å². The zero-order valence-corrected chi connectivity index (χ0v) is 19.5. The third kappa shape index (κ3) is 18.5. The van der Waals surface area contributed by atoms with E-state index in [2.05, 4.69) is 29.5 Å². The van der Waals surface area contributed by atoms with E-state index in [-0.39, 0.29) is 36.3 Å².